The molecule has 1 heterocycles. The van der Waals surface area contributed by atoms with Crippen molar-refractivity contribution in [2.45, 2.75) is 26.8 Å². The van der Waals surface area contributed by atoms with Crippen LogP contribution in [0.2, 0.25) is 5.02 Å². The summed E-state index contributed by atoms with van der Waals surface area (Å²) in [6.45, 7) is 6.29. The van der Waals surface area contributed by atoms with Gasteiger partial charge in [0.1, 0.15) is 0 Å². The van der Waals surface area contributed by atoms with E-state index in [1.54, 1.807) is 0 Å². The van der Waals surface area contributed by atoms with E-state index in [4.69, 9.17) is 11.6 Å². The van der Waals surface area contributed by atoms with Gasteiger partial charge in [-0.15, -0.1) is 0 Å². The lowest BCUT2D eigenvalue weighted by molar-refractivity contribution is 0.605. The van der Waals surface area contributed by atoms with E-state index in [0.717, 1.165) is 21.8 Å². The molecule has 1 aromatic heterocycles. The minimum absolute atomic E-state index is 0.401. The van der Waals surface area contributed by atoms with Crippen LogP contribution in [0.1, 0.15) is 25.5 Å². The number of hydrogen-bond acceptors (Lipinski definition) is 1. The lowest BCUT2D eigenvalue weighted by Crippen LogP contribution is -2.00. The van der Waals surface area contributed by atoms with Crippen LogP contribution in [0.3, 0.4) is 0 Å². The second-order valence-electron chi connectivity index (χ2n) is 4.24. The first-order valence-electron chi connectivity index (χ1n) is 5.38. The summed E-state index contributed by atoms with van der Waals surface area (Å²) in [6.07, 6.45) is 3.73. The van der Waals surface area contributed by atoms with Crippen molar-refractivity contribution in [3.63, 3.8) is 0 Å². The maximum Gasteiger partial charge on any atom is 0.0953 e. The zero-order chi connectivity index (χ0) is 11.7. The number of nitrogens with zero attached hydrogens (tertiary/aromatic N) is 2. The molecule has 0 aliphatic rings. The highest BCUT2D eigenvalue weighted by molar-refractivity contribution is 6.31. The number of halogens is 1. The molecule has 84 valence electrons. The number of imidazole rings is 1. The summed E-state index contributed by atoms with van der Waals surface area (Å²) in [5.74, 6) is 0. The van der Waals surface area contributed by atoms with E-state index in [-0.39, 0.29) is 0 Å². The van der Waals surface area contributed by atoms with Gasteiger partial charge in [-0.3, -0.25) is 0 Å². The molecule has 0 spiro atoms. The molecule has 0 aliphatic heterocycles. The van der Waals surface area contributed by atoms with Gasteiger partial charge in [0, 0.05) is 16.6 Å². The van der Waals surface area contributed by atoms with Crippen LogP contribution in [-0.4, -0.2) is 9.55 Å². The Morgan fingerprint density at radius 2 is 2.06 bits per heavy atom. The van der Waals surface area contributed by atoms with Gasteiger partial charge < -0.3 is 4.57 Å². The summed E-state index contributed by atoms with van der Waals surface area (Å²) in [7, 11) is 0. The summed E-state index contributed by atoms with van der Waals surface area (Å²) in [4.78, 5) is 4.19. The van der Waals surface area contributed by atoms with Gasteiger partial charge in [-0.2, -0.15) is 0 Å². The fraction of sp³-hybridized carbons (Fsp3) is 0.308. The first-order valence-corrected chi connectivity index (χ1v) is 5.75. The van der Waals surface area contributed by atoms with Crippen LogP contribution in [0.5, 0.6) is 0 Å². The summed E-state index contributed by atoms with van der Waals surface area (Å²) < 4.78 is 2.14. The molecule has 0 saturated carbocycles. The Bertz CT molecular complexity index is 500. The van der Waals surface area contributed by atoms with Gasteiger partial charge >= 0.3 is 0 Å². The van der Waals surface area contributed by atoms with Crippen molar-refractivity contribution in [2.24, 2.45) is 0 Å². The number of hydrogen-bond donors (Lipinski definition) is 0. The average Bonchev–Trinajstić information content (AvgIpc) is 2.71. The molecular formula is C13H15ClN2. The molecule has 3 heteroatoms. The topological polar surface area (TPSA) is 17.8 Å². The Balaban J connectivity index is 2.50. The SMILES string of the molecule is Cc1ccc(-c2cncn2C(C)C)cc1Cl. The second kappa shape index (κ2) is 4.30. The third kappa shape index (κ3) is 1.98. The first kappa shape index (κ1) is 11.2. The molecule has 0 atom stereocenters. The van der Waals surface area contributed by atoms with Crippen molar-refractivity contribution in [2.75, 3.05) is 0 Å². The van der Waals surface area contributed by atoms with Gasteiger partial charge in [0.15, 0.2) is 0 Å². The summed E-state index contributed by atoms with van der Waals surface area (Å²) >= 11 is 6.13. The van der Waals surface area contributed by atoms with E-state index < -0.39 is 0 Å². The molecule has 0 N–H and O–H groups in total. The van der Waals surface area contributed by atoms with E-state index >= 15 is 0 Å². The van der Waals surface area contributed by atoms with Crippen LogP contribution in [0.15, 0.2) is 30.7 Å². The molecule has 0 amide bonds. The van der Waals surface area contributed by atoms with Crippen LogP contribution in [0.4, 0.5) is 0 Å². The smallest absolute Gasteiger partial charge is 0.0953 e. The maximum absolute atomic E-state index is 6.13. The molecule has 2 aromatic rings. The Morgan fingerprint density at radius 3 is 2.69 bits per heavy atom. The van der Waals surface area contributed by atoms with Crippen molar-refractivity contribution < 1.29 is 0 Å². The van der Waals surface area contributed by atoms with Crippen LogP contribution in [0.25, 0.3) is 11.3 Å². The first-order chi connectivity index (χ1) is 7.59. The largest absolute Gasteiger partial charge is 0.328 e. The monoisotopic (exact) mass is 234 g/mol. The fourth-order valence-corrected chi connectivity index (χ4v) is 1.87. The highest BCUT2D eigenvalue weighted by atomic mass is 35.5. The standard InChI is InChI=1S/C13H15ClN2/c1-9(2)16-8-15-7-13(16)11-5-4-10(3)12(14)6-11/h4-9H,1-3H3. The van der Waals surface area contributed by atoms with E-state index in [9.17, 15) is 0 Å². The number of benzene rings is 1. The molecule has 0 aliphatic carbocycles. The van der Waals surface area contributed by atoms with Crippen molar-refractivity contribution in [1.29, 1.82) is 0 Å². The van der Waals surface area contributed by atoms with Crippen molar-refractivity contribution in [3.8, 4) is 11.3 Å². The van der Waals surface area contributed by atoms with Gasteiger partial charge in [0.05, 0.1) is 18.2 Å². The Kier molecular flexibility index (Phi) is 3.01. The second-order valence-corrected chi connectivity index (χ2v) is 4.65. The Labute approximate surface area is 101 Å². The molecular weight excluding hydrogens is 220 g/mol. The zero-order valence-electron chi connectivity index (χ0n) is 9.74. The number of aromatic nitrogens is 2. The summed E-state index contributed by atoms with van der Waals surface area (Å²) in [6, 6.07) is 6.51. The van der Waals surface area contributed by atoms with E-state index in [2.05, 4.69) is 29.5 Å². The van der Waals surface area contributed by atoms with Gasteiger partial charge in [-0.1, -0.05) is 23.7 Å². The van der Waals surface area contributed by atoms with Gasteiger partial charge in [0.25, 0.3) is 0 Å². The lowest BCUT2D eigenvalue weighted by atomic mass is 10.1. The molecule has 0 radical (unpaired) electrons. The van der Waals surface area contributed by atoms with E-state index in [1.165, 1.54) is 0 Å². The molecule has 16 heavy (non-hydrogen) atoms. The summed E-state index contributed by atoms with van der Waals surface area (Å²) in [5.41, 5.74) is 3.32. The van der Waals surface area contributed by atoms with Crippen LogP contribution in [0, 0.1) is 6.92 Å². The van der Waals surface area contributed by atoms with Crippen LogP contribution in [-0.2, 0) is 0 Å². The highest BCUT2D eigenvalue weighted by Crippen LogP contribution is 2.26. The molecule has 0 saturated heterocycles. The Morgan fingerprint density at radius 1 is 1.31 bits per heavy atom. The third-order valence-electron chi connectivity index (χ3n) is 2.69. The highest BCUT2D eigenvalue weighted by Gasteiger charge is 2.08. The molecule has 1 aromatic carbocycles. The molecule has 0 unspecified atom stereocenters. The third-order valence-corrected chi connectivity index (χ3v) is 3.10. The predicted molar refractivity (Wildman–Crippen MR) is 67.8 cm³/mol. The van der Waals surface area contributed by atoms with Crippen molar-refractivity contribution in [3.05, 3.63) is 41.3 Å². The minimum Gasteiger partial charge on any atom is -0.328 e. The molecule has 0 fully saturated rings. The number of rotatable bonds is 2. The maximum atomic E-state index is 6.13. The van der Waals surface area contributed by atoms with Crippen LogP contribution >= 0.6 is 11.6 Å². The zero-order valence-corrected chi connectivity index (χ0v) is 10.5. The Hall–Kier alpha value is -1.28. The van der Waals surface area contributed by atoms with Crippen molar-refractivity contribution >= 4 is 11.6 Å². The van der Waals surface area contributed by atoms with Gasteiger partial charge in [0.2, 0.25) is 0 Å². The molecule has 2 rings (SSSR count). The molecule has 2 nitrogen and oxygen atoms in total. The average molecular weight is 235 g/mol. The van der Waals surface area contributed by atoms with Crippen molar-refractivity contribution in [1.82, 2.24) is 9.55 Å². The molecule has 0 bridgehead atoms. The van der Waals surface area contributed by atoms with E-state index in [1.807, 2.05) is 31.6 Å². The number of aryl methyl sites for hydroxylation is 1. The predicted octanol–water partition coefficient (Wildman–Crippen LogP) is 4.09. The normalized spacial score (nSPS) is 11.1. The van der Waals surface area contributed by atoms with Gasteiger partial charge in [-0.25, -0.2) is 4.98 Å². The lowest BCUT2D eigenvalue weighted by Gasteiger charge is -2.12. The van der Waals surface area contributed by atoms with Crippen LogP contribution < -0.4 is 0 Å². The van der Waals surface area contributed by atoms with Gasteiger partial charge in [-0.05, 0) is 32.4 Å². The summed E-state index contributed by atoms with van der Waals surface area (Å²) in [5, 5.41) is 0.800. The quantitative estimate of drug-likeness (QED) is 0.765. The minimum atomic E-state index is 0.401. The fourth-order valence-electron chi connectivity index (χ4n) is 1.69. The van der Waals surface area contributed by atoms with E-state index in [0.29, 0.717) is 6.04 Å².